The molecular formula is C10H20N2O. The van der Waals surface area contributed by atoms with E-state index in [1.807, 2.05) is 0 Å². The Labute approximate surface area is 80.4 Å². The van der Waals surface area contributed by atoms with Crippen molar-refractivity contribution < 1.29 is 4.74 Å². The second-order valence-electron chi connectivity index (χ2n) is 4.10. The van der Waals surface area contributed by atoms with Crippen LogP contribution in [0.5, 0.6) is 0 Å². The van der Waals surface area contributed by atoms with Gasteiger partial charge in [-0.2, -0.15) is 0 Å². The van der Waals surface area contributed by atoms with Crippen molar-refractivity contribution in [2.75, 3.05) is 39.4 Å². The molecule has 2 aliphatic rings. The molecule has 0 aromatic rings. The number of nitrogens with zero attached hydrogens (tertiary/aromatic N) is 1. The summed E-state index contributed by atoms with van der Waals surface area (Å²) in [4.78, 5) is 2.62. The van der Waals surface area contributed by atoms with Gasteiger partial charge in [-0.1, -0.05) is 6.92 Å². The molecule has 3 nitrogen and oxygen atoms in total. The molecule has 76 valence electrons. The summed E-state index contributed by atoms with van der Waals surface area (Å²) >= 11 is 0. The van der Waals surface area contributed by atoms with Gasteiger partial charge in [0.2, 0.25) is 0 Å². The molecule has 0 unspecified atom stereocenters. The van der Waals surface area contributed by atoms with Gasteiger partial charge >= 0.3 is 0 Å². The lowest BCUT2D eigenvalue weighted by Gasteiger charge is -2.42. The van der Waals surface area contributed by atoms with Gasteiger partial charge in [-0.25, -0.2) is 0 Å². The standard InChI is InChI=1S/C10H20N2O/c1-2-10(3-4-11-9-10)12-5-7-13-8-6-12/h11H,2-9H2,1H3/t10-/m1/s1. The highest BCUT2D eigenvalue weighted by Crippen LogP contribution is 2.27. The van der Waals surface area contributed by atoms with Crippen LogP contribution in [0.25, 0.3) is 0 Å². The molecule has 0 bridgehead atoms. The maximum absolute atomic E-state index is 5.39. The summed E-state index contributed by atoms with van der Waals surface area (Å²) in [5.41, 5.74) is 0.448. The summed E-state index contributed by atoms with van der Waals surface area (Å²) in [7, 11) is 0. The first-order chi connectivity index (χ1) is 6.37. The van der Waals surface area contributed by atoms with Crippen LogP contribution in [0.15, 0.2) is 0 Å². The zero-order valence-electron chi connectivity index (χ0n) is 8.51. The molecule has 2 heterocycles. The molecule has 2 rings (SSSR count). The Morgan fingerprint density at radius 2 is 2.15 bits per heavy atom. The Balaban J connectivity index is 2.01. The van der Waals surface area contributed by atoms with Gasteiger partial charge in [0.05, 0.1) is 13.2 Å². The average molecular weight is 184 g/mol. The van der Waals surface area contributed by atoms with E-state index in [1.54, 1.807) is 0 Å². The van der Waals surface area contributed by atoms with Crippen molar-refractivity contribution in [2.45, 2.75) is 25.3 Å². The van der Waals surface area contributed by atoms with Gasteiger partial charge < -0.3 is 10.1 Å². The lowest BCUT2D eigenvalue weighted by atomic mass is 9.92. The smallest absolute Gasteiger partial charge is 0.0594 e. The molecule has 3 heteroatoms. The van der Waals surface area contributed by atoms with Crippen LogP contribution in [0.1, 0.15) is 19.8 Å². The summed E-state index contributed by atoms with van der Waals surface area (Å²) in [6.45, 7) is 8.74. The molecule has 1 N–H and O–H groups in total. The first kappa shape index (κ1) is 9.44. The van der Waals surface area contributed by atoms with E-state index in [2.05, 4.69) is 17.1 Å². The SMILES string of the molecule is CC[C@@]1(N2CCOCC2)CCNC1. The van der Waals surface area contributed by atoms with E-state index in [4.69, 9.17) is 4.74 Å². The van der Waals surface area contributed by atoms with Crippen LogP contribution in [-0.4, -0.2) is 49.8 Å². The third-order valence-corrected chi connectivity index (χ3v) is 3.56. The van der Waals surface area contributed by atoms with E-state index < -0.39 is 0 Å². The molecule has 13 heavy (non-hydrogen) atoms. The fourth-order valence-electron chi connectivity index (χ4n) is 2.56. The lowest BCUT2D eigenvalue weighted by molar-refractivity contribution is -0.0172. The molecule has 2 saturated heterocycles. The van der Waals surface area contributed by atoms with Gasteiger partial charge in [0.1, 0.15) is 0 Å². The highest BCUT2D eigenvalue weighted by atomic mass is 16.5. The van der Waals surface area contributed by atoms with Gasteiger partial charge in [-0.15, -0.1) is 0 Å². The predicted octanol–water partition coefficient (Wildman–Crippen LogP) is 0.461. The highest BCUT2D eigenvalue weighted by molar-refractivity contribution is 4.97. The Bertz CT molecular complexity index is 160. The zero-order chi connectivity index (χ0) is 9.15. The predicted molar refractivity (Wildman–Crippen MR) is 52.9 cm³/mol. The number of hydrogen-bond acceptors (Lipinski definition) is 3. The van der Waals surface area contributed by atoms with Crippen LogP contribution in [0.3, 0.4) is 0 Å². The van der Waals surface area contributed by atoms with E-state index in [9.17, 15) is 0 Å². The number of rotatable bonds is 2. The highest BCUT2D eigenvalue weighted by Gasteiger charge is 2.38. The van der Waals surface area contributed by atoms with E-state index in [-0.39, 0.29) is 0 Å². The number of ether oxygens (including phenoxy) is 1. The molecule has 2 fully saturated rings. The number of morpholine rings is 1. The summed E-state index contributed by atoms with van der Waals surface area (Å²) in [6, 6.07) is 0. The molecule has 2 aliphatic heterocycles. The fraction of sp³-hybridized carbons (Fsp3) is 1.00. The quantitative estimate of drug-likeness (QED) is 0.675. The topological polar surface area (TPSA) is 24.5 Å². The molecular weight excluding hydrogens is 164 g/mol. The van der Waals surface area contributed by atoms with Crippen LogP contribution in [-0.2, 0) is 4.74 Å². The monoisotopic (exact) mass is 184 g/mol. The van der Waals surface area contributed by atoms with Crippen molar-refractivity contribution in [3.8, 4) is 0 Å². The van der Waals surface area contributed by atoms with Gasteiger partial charge in [0.15, 0.2) is 0 Å². The molecule has 0 aromatic carbocycles. The van der Waals surface area contributed by atoms with Crippen molar-refractivity contribution in [2.24, 2.45) is 0 Å². The van der Waals surface area contributed by atoms with Crippen molar-refractivity contribution >= 4 is 0 Å². The minimum absolute atomic E-state index is 0.448. The van der Waals surface area contributed by atoms with E-state index in [0.717, 1.165) is 26.3 Å². The minimum atomic E-state index is 0.448. The van der Waals surface area contributed by atoms with Crippen molar-refractivity contribution in [3.05, 3.63) is 0 Å². The second kappa shape index (κ2) is 3.95. The maximum Gasteiger partial charge on any atom is 0.0594 e. The Hall–Kier alpha value is -0.120. The largest absolute Gasteiger partial charge is 0.379 e. The third kappa shape index (κ3) is 1.73. The molecule has 0 spiro atoms. The first-order valence-corrected chi connectivity index (χ1v) is 5.41. The van der Waals surface area contributed by atoms with Crippen molar-refractivity contribution in [1.29, 1.82) is 0 Å². The summed E-state index contributed by atoms with van der Waals surface area (Å²) < 4.78 is 5.39. The van der Waals surface area contributed by atoms with Crippen LogP contribution in [0, 0.1) is 0 Å². The third-order valence-electron chi connectivity index (χ3n) is 3.56. The van der Waals surface area contributed by atoms with Crippen LogP contribution >= 0.6 is 0 Å². The maximum atomic E-state index is 5.39. The van der Waals surface area contributed by atoms with Crippen LogP contribution in [0.4, 0.5) is 0 Å². The molecule has 0 saturated carbocycles. The fourth-order valence-corrected chi connectivity index (χ4v) is 2.56. The van der Waals surface area contributed by atoms with Crippen LogP contribution in [0.2, 0.25) is 0 Å². The average Bonchev–Trinajstić information content (AvgIpc) is 2.69. The minimum Gasteiger partial charge on any atom is -0.379 e. The molecule has 0 amide bonds. The molecule has 0 aliphatic carbocycles. The molecule has 0 aromatic heterocycles. The molecule has 0 radical (unpaired) electrons. The van der Waals surface area contributed by atoms with Crippen molar-refractivity contribution in [1.82, 2.24) is 10.2 Å². The zero-order valence-corrected chi connectivity index (χ0v) is 8.51. The van der Waals surface area contributed by atoms with Crippen molar-refractivity contribution in [3.63, 3.8) is 0 Å². The number of hydrogen-bond donors (Lipinski definition) is 1. The Morgan fingerprint density at radius 3 is 2.69 bits per heavy atom. The Kier molecular flexibility index (Phi) is 2.86. The summed E-state index contributed by atoms with van der Waals surface area (Å²) in [5.74, 6) is 0. The summed E-state index contributed by atoms with van der Waals surface area (Å²) in [5, 5.41) is 3.48. The van der Waals surface area contributed by atoms with E-state index in [0.29, 0.717) is 5.54 Å². The van der Waals surface area contributed by atoms with Gasteiger partial charge in [-0.05, 0) is 19.4 Å². The summed E-state index contributed by atoms with van der Waals surface area (Å²) in [6.07, 6.45) is 2.57. The first-order valence-electron chi connectivity index (χ1n) is 5.41. The number of nitrogens with one attached hydrogen (secondary N) is 1. The lowest BCUT2D eigenvalue weighted by Crippen LogP contribution is -2.54. The Morgan fingerprint density at radius 1 is 1.38 bits per heavy atom. The molecule has 1 atom stereocenters. The van der Waals surface area contributed by atoms with Gasteiger partial charge in [-0.3, -0.25) is 4.90 Å². The second-order valence-corrected chi connectivity index (χ2v) is 4.10. The van der Waals surface area contributed by atoms with Gasteiger partial charge in [0, 0.05) is 25.2 Å². The van der Waals surface area contributed by atoms with E-state index >= 15 is 0 Å². The normalized spacial score (nSPS) is 36.7. The van der Waals surface area contributed by atoms with E-state index in [1.165, 1.54) is 25.9 Å². The van der Waals surface area contributed by atoms with Crippen LogP contribution < -0.4 is 5.32 Å². The van der Waals surface area contributed by atoms with Gasteiger partial charge in [0.25, 0.3) is 0 Å².